The lowest BCUT2D eigenvalue weighted by molar-refractivity contribution is -0.144. The molecule has 4 nitrogen and oxygen atoms in total. The number of carbonyl (C=O) groups is 1. The Kier molecular flexibility index (Phi) is 5.00. The highest BCUT2D eigenvalue weighted by molar-refractivity contribution is 7.94. The summed E-state index contributed by atoms with van der Waals surface area (Å²) in [5.74, 6) is -0.571. The molecule has 5 heteroatoms. The first kappa shape index (κ1) is 16.7. The molecule has 0 saturated heterocycles. The lowest BCUT2D eigenvalue weighted by Crippen LogP contribution is -2.14. The summed E-state index contributed by atoms with van der Waals surface area (Å²) >= 11 is 0. The lowest BCUT2D eigenvalue weighted by atomic mass is 10.0. The van der Waals surface area contributed by atoms with Crippen LogP contribution in [0.15, 0.2) is 53.9 Å². The molecule has 2 aromatic carbocycles. The second-order valence-electron chi connectivity index (χ2n) is 6.08. The summed E-state index contributed by atoms with van der Waals surface area (Å²) in [7, 11) is -3.11. The summed E-state index contributed by atoms with van der Waals surface area (Å²) in [6, 6.07) is 14.4. The van der Waals surface area contributed by atoms with Gasteiger partial charge in [-0.15, -0.1) is 0 Å². The molecule has 1 aliphatic rings. The molecular formula is C19H20O4S. The van der Waals surface area contributed by atoms with Crippen molar-refractivity contribution in [2.24, 2.45) is 5.92 Å². The predicted molar refractivity (Wildman–Crippen MR) is 94.3 cm³/mol. The molecule has 1 atom stereocenters. The van der Waals surface area contributed by atoms with Crippen molar-refractivity contribution in [1.82, 2.24) is 0 Å². The molecular weight excluding hydrogens is 324 g/mol. The number of esters is 1. The molecule has 126 valence electrons. The van der Waals surface area contributed by atoms with Crippen molar-refractivity contribution >= 4 is 26.6 Å². The van der Waals surface area contributed by atoms with Crippen LogP contribution in [-0.2, 0) is 25.8 Å². The predicted octanol–water partition coefficient (Wildman–Crippen LogP) is 3.26. The van der Waals surface area contributed by atoms with E-state index in [9.17, 15) is 13.2 Å². The highest BCUT2D eigenvalue weighted by atomic mass is 32.2. The number of allylic oxidation sites excluding steroid dienone is 1. The smallest absolute Gasteiger partial charge is 0.306 e. The van der Waals surface area contributed by atoms with E-state index in [-0.39, 0.29) is 24.1 Å². The number of aryl methyl sites for hydroxylation is 1. The molecule has 0 radical (unpaired) electrons. The molecule has 0 saturated carbocycles. The zero-order valence-electron chi connectivity index (χ0n) is 13.4. The quantitative estimate of drug-likeness (QED) is 0.596. The summed E-state index contributed by atoms with van der Waals surface area (Å²) in [5, 5.41) is 3.62. The SMILES string of the molecule is O=C(C[C@H]1C=CS(=O)(=O)C1)OCCCc1cccc2ccccc12. The van der Waals surface area contributed by atoms with Crippen LogP contribution >= 0.6 is 0 Å². The van der Waals surface area contributed by atoms with E-state index in [1.54, 1.807) is 6.08 Å². The van der Waals surface area contributed by atoms with E-state index >= 15 is 0 Å². The van der Waals surface area contributed by atoms with Crippen molar-refractivity contribution in [3.8, 4) is 0 Å². The zero-order valence-corrected chi connectivity index (χ0v) is 14.2. The number of sulfone groups is 1. The third kappa shape index (κ3) is 4.23. The Morgan fingerprint density at radius 2 is 1.92 bits per heavy atom. The van der Waals surface area contributed by atoms with Gasteiger partial charge in [-0.2, -0.15) is 0 Å². The molecule has 3 rings (SSSR count). The fourth-order valence-electron chi connectivity index (χ4n) is 3.00. The number of benzene rings is 2. The maximum atomic E-state index is 11.8. The highest BCUT2D eigenvalue weighted by Gasteiger charge is 2.24. The fourth-order valence-corrected chi connectivity index (χ4v) is 4.40. The molecule has 0 aromatic heterocycles. The fraction of sp³-hybridized carbons (Fsp3) is 0.316. The largest absolute Gasteiger partial charge is 0.466 e. The Hall–Kier alpha value is -2.14. The van der Waals surface area contributed by atoms with E-state index in [4.69, 9.17) is 4.74 Å². The van der Waals surface area contributed by atoms with E-state index < -0.39 is 9.84 Å². The molecule has 0 aliphatic carbocycles. The van der Waals surface area contributed by atoms with Gasteiger partial charge in [0.1, 0.15) is 0 Å². The average Bonchev–Trinajstić information content (AvgIpc) is 2.90. The Labute approximate surface area is 142 Å². The Morgan fingerprint density at radius 1 is 1.12 bits per heavy atom. The van der Waals surface area contributed by atoms with Gasteiger partial charge in [-0.05, 0) is 29.2 Å². The van der Waals surface area contributed by atoms with Gasteiger partial charge in [0.2, 0.25) is 0 Å². The minimum absolute atomic E-state index is 0.0120. The van der Waals surface area contributed by atoms with E-state index in [1.165, 1.54) is 21.7 Å². The molecule has 0 amide bonds. The van der Waals surface area contributed by atoms with Gasteiger partial charge < -0.3 is 4.74 Å². The van der Waals surface area contributed by atoms with Crippen molar-refractivity contribution in [3.05, 3.63) is 59.5 Å². The van der Waals surface area contributed by atoms with Crippen LogP contribution in [0.1, 0.15) is 18.4 Å². The van der Waals surface area contributed by atoms with Crippen molar-refractivity contribution in [2.45, 2.75) is 19.3 Å². The summed E-state index contributed by atoms with van der Waals surface area (Å²) in [6.45, 7) is 0.352. The van der Waals surface area contributed by atoms with Crippen LogP contribution in [0, 0.1) is 5.92 Å². The Balaban J connectivity index is 1.45. The minimum Gasteiger partial charge on any atom is -0.466 e. The van der Waals surface area contributed by atoms with Gasteiger partial charge in [0, 0.05) is 11.3 Å². The first-order valence-electron chi connectivity index (χ1n) is 8.07. The van der Waals surface area contributed by atoms with Crippen LogP contribution in [0.5, 0.6) is 0 Å². The number of carbonyl (C=O) groups excluding carboxylic acids is 1. The van der Waals surface area contributed by atoms with Gasteiger partial charge >= 0.3 is 5.97 Å². The third-order valence-corrected chi connectivity index (χ3v) is 5.63. The highest BCUT2D eigenvalue weighted by Crippen LogP contribution is 2.20. The van der Waals surface area contributed by atoms with Crippen LogP contribution in [-0.4, -0.2) is 26.7 Å². The van der Waals surface area contributed by atoms with E-state index in [1.807, 2.05) is 18.2 Å². The maximum absolute atomic E-state index is 11.8. The molecule has 1 heterocycles. The Morgan fingerprint density at radius 3 is 2.71 bits per heavy atom. The van der Waals surface area contributed by atoms with Crippen molar-refractivity contribution in [1.29, 1.82) is 0 Å². The molecule has 2 aromatic rings. The van der Waals surface area contributed by atoms with Crippen LogP contribution in [0.3, 0.4) is 0 Å². The molecule has 0 bridgehead atoms. The van der Waals surface area contributed by atoms with Crippen LogP contribution < -0.4 is 0 Å². The standard InChI is InChI=1S/C19H20O4S/c20-19(13-15-10-12-24(21,22)14-15)23-11-4-8-17-7-3-6-16-5-1-2-9-18(16)17/h1-3,5-7,9-10,12,15H,4,8,11,13-14H2/t15-/m1/s1. The van der Waals surface area contributed by atoms with E-state index in [0.29, 0.717) is 6.61 Å². The number of ether oxygens (including phenoxy) is 1. The Bertz CT molecular complexity index is 863. The van der Waals surface area contributed by atoms with E-state index in [2.05, 4.69) is 24.3 Å². The second kappa shape index (κ2) is 7.18. The first-order valence-corrected chi connectivity index (χ1v) is 9.78. The molecule has 0 spiro atoms. The van der Waals surface area contributed by atoms with Gasteiger partial charge in [0.15, 0.2) is 9.84 Å². The molecule has 1 aliphatic heterocycles. The lowest BCUT2D eigenvalue weighted by Gasteiger charge is -2.09. The third-order valence-electron chi connectivity index (χ3n) is 4.17. The second-order valence-corrected chi connectivity index (χ2v) is 8.02. The van der Waals surface area contributed by atoms with Crippen molar-refractivity contribution in [3.63, 3.8) is 0 Å². The van der Waals surface area contributed by atoms with Crippen molar-refractivity contribution < 1.29 is 17.9 Å². The van der Waals surface area contributed by atoms with E-state index in [0.717, 1.165) is 12.8 Å². The zero-order chi connectivity index (χ0) is 17.0. The van der Waals surface area contributed by atoms with Gasteiger partial charge in [0.05, 0.1) is 18.8 Å². The minimum atomic E-state index is -3.11. The van der Waals surface area contributed by atoms with Gasteiger partial charge in [-0.25, -0.2) is 8.42 Å². The van der Waals surface area contributed by atoms with Crippen LogP contribution in [0.4, 0.5) is 0 Å². The normalized spacial score (nSPS) is 18.8. The topological polar surface area (TPSA) is 60.4 Å². The molecule has 0 N–H and O–H groups in total. The summed E-state index contributed by atoms with van der Waals surface area (Å²) in [5.41, 5.74) is 1.24. The van der Waals surface area contributed by atoms with Gasteiger partial charge in [-0.1, -0.05) is 48.5 Å². The monoisotopic (exact) mass is 344 g/mol. The average molecular weight is 344 g/mol. The number of hydrogen-bond donors (Lipinski definition) is 0. The van der Waals surface area contributed by atoms with Gasteiger partial charge in [-0.3, -0.25) is 4.79 Å². The van der Waals surface area contributed by atoms with Crippen LogP contribution in [0.2, 0.25) is 0 Å². The number of rotatable bonds is 6. The van der Waals surface area contributed by atoms with Crippen LogP contribution in [0.25, 0.3) is 10.8 Å². The number of hydrogen-bond acceptors (Lipinski definition) is 4. The maximum Gasteiger partial charge on any atom is 0.306 e. The number of fused-ring (bicyclic) bond motifs is 1. The molecule has 24 heavy (non-hydrogen) atoms. The molecule has 0 fully saturated rings. The van der Waals surface area contributed by atoms with Gasteiger partial charge in [0.25, 0.3) is 0 Å². The summed E-state index contributed by atoms with van der Waals surface area (Å²) in [6.07, 6.45) is 3.29. The summed E-state index contributed by atoms with van der Waals surface area (Å²) in [4.78, 5) is 11.8. The first-order chi connectivity index (χ1) is 11.5. The van der Waals surface area contributed by atoms with Crippen molar-refractivity contribution in [2.75, 3.05) is 12.4 Å². The molecule has 0 unspecified atom stereocenters. The summed E-state index contributed by atoms with van der Waals surface area (Å²) < 4.78 is 27.9.